The maximum absolute atomic E-state index is 13.8. The van der Waals surface area contributed by atoms with E-state index in [9.17, 15) is 13.2 Å². The molecule has 0 atom stereocenters. The van der Waals surface area contributed by atoms with Crippen molar-refractivity contribution in [1.29, 1.82) is 0 Å². The minimum Gasteiger partial charge on any atom is -0.368 e. The zero-order valence-corrected chi connectivity index (χ0v) is 17.3. The monoisotopic (exact) mass is 416 g/mol. The first-order valence-electron chi connectivity index (χ1n) is 9.78. The molecule has 0 saturated carbocycles. The molecule has 0 aromatic heterocycles. The summed E-state index contributed by atoms with van der Waals surface area (Å²) in [5.74, 6) is 0. The van der Waals surface area contributed by atoms with Gasteiger partial charge in [0.25, 0.3) is 0 Å². The number of halogens is 3. The molecule has 0 spiro atoms. The fourth-order valence-electron chi connectivity index (χ4n) is 3.49. The Kier molecular flexibility index (Phi) is 6.41. The van der Waals surface area contributed by atoms with E-state index in [2.05, 4.69) is 28.7 Å². The number of hydrogen-bond acceptors (Lipinski definition) is 4. The highest BCUT2D eigenvalue weighted by Gasteiger charge is 2.35. The van der Waals surface area contributed by atoms with Crippen LogP contribution in [-0.4, -0.2) is 38.1 Å². The average Bonchev–Trinajstić information content (AvgIpc) is 2.70. The SMILES string of the molecule is C=CNc1cc(NC(=C)c2ccc(N3CCN(C)CC3)c(C(F)(F)F)c2)ccc1C. The molecule has 4 nitrogen and oxygen atoms in total. The predicted molar refractivity (Wildman–Crippen MR) is 119 cm³/mol. The van der Waals surface area contributed by atoms with Gasteiger partial charge in [0.15, 0.2) is 0 Å². The van der Waals surface area contributed by atoms with Crippen LogP contribution in [0.15, 0.2) is 55.8 Å². The molecular weight excluding hydrogens is 389 g/mol. The number of nitrogens with zero attached hydrogens (tertiary/aromatic N) is 2. The smallest absolute Gasteiger partial charge is 0.368 e. The Morgan fingerprint density at radius 3 is 2.40 bits per heavy atom. The van der Waals surface area contributed by atoms with Crippen molar-refractivity contribution >= 4 is 22.8 Å². The number of piperazine rings is 1. The van der Waals surface area contributed by atoms with Crippen molar-refractivity contribution < 1.29 is 13.2 Å². The number of aryl methyl sites for hydroxylation is 1. The lowest BCUT2D eigenvalue weighted by molar-refractivity contribution is -0.137. The van der Waals surface area contributed by atoms with Gasteiger partial charge >= 0.3 is 6.18 Å². The van der Waals surface area contributed by atoms with Crippen LogP contribution in [0.1, 0.15) is 16.7 Å². The van der Waals surface area contributed by atoms with E-state index >= 15 is 0 Å². The van der Waals surface area contributed by atoms with Crippen LogP contribution < -0.4 is 15.5 Å². The first kappa shape index (κ1) is 21.8. The lowest BCUT2D eigenvalue weighted by Crippen LogP contribution is -2.45. The number of rotatable bonds is 6. The van der Waals surface area contributed by atoms with E-state index in [1.807, 2.05) is 32.2 Å². The highest BCUT2D eigenvalue weighted by Crippen LogP contribution is 2.38. The Bertz CT molecular complexity index is 929. The summed E-state index contributed by atoms with van der Waals surface area (Å²) in [5, 5.41) is 6.15. The van der Waals surface area contributed by atoms with Gasteiger partial charge in [-0.3, -0.25) is 0 Å². The van der Waals surface area contributed by atoms with E-state index in [4.69, 9.17) is 0 Å². The molecule has 2 aromatic carbocycles. The number of anilines is 3. The number of nitrogens with one attached hydrogen (secondary N) is 2. The summed E-state index contributed by atoms with van der Waals surface area (Å²) >= 11 is 0. The molecule has 160 valence electrons. The van der Waals surface area contributed by atoms with Crippen LogP contribution in [0.25, 0.3) is 5.70 Å². The summed E-state index contributed by atoms with van der Waals surface area (Å²) in [6.07, 6.45) is -2.87. The fourth-order valence-corrected chi connectivity index (χ4v) is 3.49. The zero-order chi connectivity index (χ0) is 21.9. The lowest BCUT2D eigenvalue weighted by Gasteiger charge is -2.35. The standard InChI is InChI=1S/C23H27F3N4/c1-5-27-21-15-19(8-6-16(21)2)28-17(3)18-7-9-22(20(14-18)23(24,25)26)30-12-10-29(4)11-13-30/h5-9,14-15,27-28H,1,3,10-13H2,2,4H3. The molecule has 0 amide bonds. The second-order valence-corrected chi connectivity index (χ2v) is 7.50. The highest BCUT2D eigenvalue weighted by atomic mass is 19.4. The van der Waals surface area contributed by atoms with Crippen molar-refractivity contribution in [2.75, 3.05) is 48.8 Å². The Morgan fingerprint density at radius 2 is 1.77 bits per heavy atom. The van der Waals surface area contributed by atoms with E-state index in [0.717, 1.165) is 30.0 Å². The Morgan fingerprint density at radius 1 is 1.07 bits per heavy atom. The molecule has 2 aromatic rings. The third kappa shape index (κ3) is 4.97. The maximum atomic E-state index is 13.8. The Hall–Kier alpha value is -2.93. The van der Waals surface area contributed by atoms with Gasteiger partial charge in [0.1, 0.15) is 0 Å². The van der Waals surface area contributed by atoms with Crippen LogP contribution in [0.5, 0.6) is 0 Å². The number of alkyl halides is 3. The third-order valence-corrected chi connectivity index (χ3v) is 5.28. The van der Waals surface area contributed by atoms with Gasteiger partial charge in [-0.15, -0.1) is 0 Å². The average molecular weight is 416 g/mol. The molecule has 1 aliphatic heterocycles. The summed E-state index contributed by atoms with van der Waals surface area (Å²) in [6, 6.07) is 10.1. The van der Waals surface area contributed by atoms with E-state index in [1.165, 1.54) is 6.07 Å². The first-order valence-corrected chi connectivity index (χ1v) is 9.78. The minimum absolute atomic E-state index is 0.222. The molecule has 1 aliphatic rings. The molecule has 1 saturated heterocycles. The topological polar surface area (TPSA) is 30.5 Å². The van der Waals surface area contributed by atoms with Gasteiger partial charge < -0.3 is 20.4 Å². The van der Waals surface area contributed by atoms with Gasteiger partial charge in [-0.05, 0) is 55.6 Å². The van der Waals surface area contributed by atoms with Crippen LogP contribution in [0.3, 0.4) is 0 Å². The predicted octanol–water partition coefficient (Wildman–Crippen LogP) is 5.40. The van der Waals surface area contributed by atoms with E-state index in [0.29, 0.717) is 24.4 Å². The van der Waals surface area contributed by atoms with Crippen LogP contribution in [0.4, 0.5) is 30.2 Å². The largest absolute Gasteiger partial charge is 0.418 e. The van der Waals surface area contributed by atoms with E-state index in [-0.39, 0.29) is 5.69 Å². The molecule has 0 aliphatic carbocycles. The van der Waals surface area contributed by atoms with Gasteiger partial charge in [0, 0.05) is 48.9 Å². The highest BCUT2D eigenvalue weighted by molar-refractivity contribution is 5.78. The van der Waals surface area contributed by atoms with Gasteiger partial charge in [-0.25, -0.2) is 0 Å². The molecular formula is C23H27F3N4. The van der Waals surface area contributed by atoms with Crippen molar-refractivity contribution in [2.24, 2.45) is 0 Å². The Balaban J connectivity index is 1.86. The molecule has 1 fully saturated rings. The second-order valence-electron chi connectivity index (χ2n) is 7.50. The van der Waals surface area contributed by atoms with Gasteiger partial charge in [0.05, 0.1) is 5.56 Å². The maximum Gasteiger partial charge on any atom is 0.418 e. The van der Waals surface area contributed by atoms with Crippen molar-refractivity contribution in [3.63, 3.8) is 0 Å². The van der Waals surface area contributed by atoms with E-state index < -0.39 is 11.7 Å². The van der Waals surface area contributed by atoms with Gasteiger partial charge in [0.2, 0.25) is 0 Å². The first-order chi connectivity index (χ1) is 14.2. The van der Waals surface area contributed by atoms with Gasteiger partial charge in [-0.1, -0.05) is 25.3 Å². The van der Waals surface area contributed by atoms with Crippen molar-refractivity contribution in [3.05, 3.63) is 72.4 Å². The van der Waals surface area contributed by atoms with Crippen LogP contribution >= 0.6 is 0 Å². The zero-order valence-electron chi connectivity index (χ0n) is 17.3. The van der Waals surface area contributed by atoms with Crippen LogP contribution in [-0.2, 0) is 6.18 Å². The summed E-state index contributed by atoms with van der Waals surface area (Å²) in [4.78, 5) is 3.91. The quantitative estimate of drug-likeness (QED) is 0.660. The summed E-state index contributed by atoms with van der Waals surface area (Å²) in [7, 11) is 1.97. The van der Waals surface area contributed by atoms with Crippen LogP contribution in [0.2, 0.25) is 0 Å². The molecule has 0 unspecified atom stereocenters. The lowest BCUT2D eigenvalue weighted by atomic mass is 10.0. The molecule has 0 radical (unpaired) electrons. The molecule has 2 N–H and O–H groups in total. The Labute approximate surface area is 175 Å². The fraction of sp³-hybridized carbons (Fsp3) is 0.304. The third-order valence-electron chi connectivity index (χ3n) is 5.28. The molecule has 7 heteroatoms. The molecule has 1 heterocycles. The molecule has 0 bridgehead atoms. The summed E-state index contributed by atoms with van der Waals surface area (Å²) in [6.45, 7) is 12.2. The summed E-state index contributed by atoms with van der Waals surface area (Å²) in [5.41, 5.74) is 3.01. The molecule has 3 rings (SSSR count). The van der Waals surface area contributed by atoms with Crippen molar-refractivity contribution in [3.8, 4) is 0 Å². The number of likely N-dealkylation sites (N-methyl/N-ethyl adjacent to an activating group) is 1. The van der Waals surface area contributed by atoms with E-state index in [1.54, 1.807) is 23.2 Å². The van der Waals surface area contributed by atoms with Crippen molar-refractivity contribution in [1.82, 2.24) is 4.90 Å². The minimum atomic E-state index is -4.44. The summed E-state index contributed by atoms with van der Waals surface area (Å²) < 4.78 is 41.5. The number of hydrogen-bond donors (Lipinski definition) is 2. The van der Waals surface area contributed by atoms with Crippen molar-refractivity contribution in [2.45, 2.75) is 13.1 Å². The normalized spacial score (nSPS) is 15.0. The molecule has 30 heavy (non-hydrogen) atoms. The number of benzene rings is 2. The van der Waals surface area contributed by atoms with Gasteiger partial charge in [-0.2, -0.15) is 13.2 Å². The second kappa shape index (κ2) is 8.83. The van der Waals surface area contributed by atoms with Crippen LogP contribution in [0, 0.1) is 6.92 Å².